The molecule has 1 aromatic heterocycles. The molecule has 0 amide bonds. The standard InChI is InChI=1S/C18H16O4/c19-18(12-7-9-20-10-8-12)21-13-5-6-17-15(11-13)14-3-1-2-4-16(14)22-17/h1-6,11-12H,7-10H2. The molecule has 2 aromatic carbocycles. The van der Waals surface area contributed by atoms with Gasteiger partial charge in [-0.15, -0.1) is 0 Å². The Morgan fingerprint density at radius 1 is 1.00 bits per heavy atom. The number of esters is 1. The Labute approximate surface area is 127 Å². The fraction of sp³-hybridized carbons (Fsp3) is 0.278. The first kappa shape index (κ1) is 13.3. The van der Waals surface area contributed by atoms with E-state index in [2.05, 4.69) is 0 Å². The van der Waals surface area contributed by atoms with Crippen LogP contribution in [0.15, 0.2) is 46.9 Å². The van der Waals surface area contributed by atoms with Crippen molar-refractivity contribution in [3.8, 4) is 5.75 Å². The summed E-state index contributed by atoms with van der Waals surface area (Å²) in [6.07, 6.45) is 1.46. The van der Waals surface area contributed by atoms with E-state index in [0.29, 0.717) is 19.0 Å². The minimum atomic E-state index is -0.171. The van der Waals surface area contributed by atoms with Crippen LogP contribution in [0.3, 0.4) is 0 Å². The molecule has 3 aromatic rings. The largest absolute Gasteiger partial charge is 0.456 e. The molecule has 0 radical (unpaired) electrons. The molecule has 0 saturated carbocycles. The molecule has 1 aliphatic rings. The van der Waals surface area contributed by atoms with Gasteiger partial charge in [-0.25, -0.2) is 0 Å². The van der Waals surface area contributed by atoms with Crippen molar-refractivity contribution in [2.24, 2.45) is 5.92 Å². The van der Waals surface area contributed by atoms with Crippen LogP contribution in [0.25, 0.3) is 21.9 Å². The number of para-hydroxylation sites is 1. The predicted molar refractivity (Wildman–Crippen MR) is 82.9 cm³/mol. The molecule has 2 heterocycles. The fourth-order valence-electron chi connectivity index (χ4n) is 2.90. The number of carbonyl (C=O) groups excluding carboxylic acids is 1. The van der Waals surface area contributed by atoms with E-state index in [1.54, 1.807) is 6.07 Å². The predicted octanol–water partition coefficient (Wildman–Crippen LogP) is 3.92. The smallest absolute Gasteiger partial charge is 0.314 e. The number of ether oxygens (including phenoxy) is 2. The van der Waals surface area contributed by atoms with Gasteiger partial charge in [0.2, 0.25) is 0 Å². The number of fused-ring (bicyclic) bond motifs is 3. The van der Waals surface area contributed by atoms with Crippen LogP contribution < -0.4 is 4.74 Å². The number of rotatable bonds is 2. The second kappa shape index (κ2) is 5.46. The van der Waals surface area contributed by atoms with E-state index < -0.39 is 0 Å². The number of hydrogen-bond donors (Lipinski definition) is 0. The van der Waals surface area contributed by atoms with Crippen molar-refractivity contribution in [1.29, 1.82) is 0 Å². The average molecular weight is 296 g/mol. The summed E-state index contributed by atoms with van der Waals surface area (Å²) in [6, 6.07) is 13.4. The van der Waals surface area contributed by atoms with Gasteiger partial charge in [0.1, 0.15) is 16.9 Å². The highest BCUT2D eigenvalue weighted by Crippen LogP contribution is 2.31. The van der Waals surface area contributed by atoms with Crippen molar-refractivity contribution in [3.05, 3.63) is 42.5 Å². The minimum Gasteiger partial charge on any atom is -0.456 e. The summed E-state index contributed by atoms with van der Waals surface area (Å²) < 4.78 is 16.6. The lowest BCUT2D eigenvalue weighted by atomic mass is 10.0. The highest BCUT2D eigenvalue weighted by Gasteiger charge is 2.23. The van der Waals surface area contributed by atoms with Gasteiger partial charge in [0, 0.05) is 24.0 Å². The van der Waals surface area contributed by atoms with Crippen LogP contribution >= 0.6 is 0 Å². The van der Waals surface area contributed by atoms with E-state index in [0.717, 1.165) is 34.8 Å². The monoisotopic (exact) mass is 296 g/mol. The first-order chi connectivity index (χ1) is 10.8. The molecule has 4 nitrogen and oxygen atoms in total. The van der Waals surface area contributed by atoms with Gasteiger partial charge in [0.25, 0.3) is 0 Å². The van der Waals surface area contributed by atoms with E-state index in [4.69, 9.17) is 13.9 Å². The highest BCUT2D eigenvalue weighted by atomic mass is 16.5. The maximum absolute atomic E-state index is 12.2. The molecule has 1 saturated heterocycles. The van der Waals surface area contributed by atoms with E-state index in [1.165, 1.54) is 0 Å². The molecule has 112 valence electrons. The first-order valence-corrected chi connectivity index (χ1v) is 7.52. The summed E-state index contributed by atoms with van der Waals surface area (Å²) in [5.74, 6) is 0.330. The van der Waals surface area contributed by atoms with Crippen molar-refractivity contribution in [1.82, 2.24) is 0 Å². The zero-order valence-electron chi connectivity index (χ0n) is 12.1. The van der Waals surface area contributed by atoms with Crippen LogP contribution in [-0.4, -0.2) is 19.2 Å². The molecule has 0 aliphatic carbocycles. The number of hydrogen-bond acceptors (Lipinski definition) is 4. The van der Waals surface area contributed by atoms with Crippen molar-refractivity contribution in [3.63, 3.8) is 0 Å². The van der Waals surface area contributed by atoms with Gasteiger partial charge < -0.3 is 13.9 Å². The van der Waals surface area contributed by atoms with Crippen molar-refractivity contribution in [2.45, 2.75) is 12.8 Å². The lowest BCUT2D eigenvalue weighted by molar-refractivity contribution is -0.141. The third kappa shape index (κ3) is 2.35. The van der Waals surface area contributed by atoms with Crippen LogP contribution in [-0.2, 0) is 9.53 Å². The SMILES string of the molecule is O=C(Oc1ccc2oc3ccccc3c2c1)C1CCOCC1. The Morgan fingerprint density at radius 2 is 1.77 bits per heavy atom. The molecule has 0 unspecified atom stereocenters. The quantitative estimate of drug-likeness (QED) is 0.531. The third-order valence-electron chi connectivity index (χ3n) is 4.12. The van der Waals surface area contributed by atoms with Gasteiger partial charge in [0.15, 0.2) is 0 Å². The van der Waals surface area contributed by atoms with Gasteiger partial charge in [-0.3, -0.25) is 4.79 Å². The highest BCUT2D eigenvalue weighted by molar-refractivity contribution is 6.05. The number of benzene rings is 2. The molecule has 0 bridgehead atoms. The Balaban J connectivity index is 1.64. The summed E-state index contributed by atoms with van der Waals surface area (Å²) >= 11 is 0. The Hall–Kier alpha value is -2.33. The minimum absolute atomic E-state index is 0.0643. The van der Waals surface area contributed by atoms with Crippen molar-refractivity contribution in [2.75, 3.05) is 13.2 Å². The molecule has 22 heavy (non-hydrogen) atoms. The van der Waals surface area contributed by atoms with E-state index in [-0.39, 0.29) is 11.9 Å². The molecule has 4 heteroatoms. The van der Waals surface area contributed by atoms with E-state index in [1.807, 2.05) is 36.4 Å². The summed E-state index contributed by atoms with van der Waals surface area (Å²) in [7, 11) is 0. The normalized spacial score (nSPS) is 16.2. The van der Waals surface area contributed by atoms with Gasteiger partial charge in [-0.05, 0) is 37.1 Å². The van der Waals surface area contributed by atoms with Crippen LogP contribution in [0.5, 0.6) is 5.75 Å². The summed E-state index contributed by atoms with van der Waals surface area (Å²) in [5, 5.41) is 1.99. The topological polar surface area (TPSA) is 48.7 Å². The molecule has 0 N–H and O–H groups in total. The Kier molecular flexibility index (Phi) is 3.31. The molecular weight excluding hydrogens is 280 g/mol. The summed E-state index contributed by atoms with van der Waals surface area (Å²) in [4.78, 5) is 12.2. The van der Waals surface area contributed by atoms with Crippen LogP contribution in [0.2, 0.25) is 0 Å². The molecule has 0 spiro atoms. The summed E-state index contributed by atoms with van der Waals surface area (Å²) in [5.41, 5.74) is 1.64. The maximum atomic E-state index is 12.2. The fourth-order valence-corrected chi connectivity index (χ4v) is 2.90. The van der Waals surface area contributed by atoms with Crippen molar-refractivity contribution >= 4 is 27.9 Å². The molecular formula is C18H16O4. The van der Waals surface area contributed by atoms with Gasteiger partial charge in [0.05, 0.1) is 5.92 Å². The maximum Gasteiger partial charge on any atom is 0.314 e. The lowest BCUT2D eigenvalue weighted by Crippen LogP contribution is -2.27. The number of furan rings is 1. The number of carbonyl (C=O) groups is 1. The lowest BCUT2D eigenvalue weighted by Gasteiger charge is -2.20. The van der Waals surface area contributed by atoms with Crippen molar-refractivity contribution < 1.29 is 18.7 Å². The second-order valence-corrected chi connectivity index (χ2v) is 5.56. The molecule has 0 atom stereocenters. The first-order valence-electron chi connectivity index (χ1n) is 7.52. The average Bonchev–Trinajstić information content (AvgIpc) is 2.94. The van der Waals surface area contributed by atoms with Crippen LogP contribution in [0.4, 0.5) is 0 Å². The molecule has 1 fully saturated rings. The van der Waals surface area contributed by atoms with Gasteiger partial charge in [-0.1, -0.05) is 18.2 Å². The zero-order valence-corrected chi connectivity index (χ0v) is 12.1. The van der Waals surface area contributed by atoms with Gasteiger partial charge in [-0.2, -0.15) is 0 Å². The van der Waals surface area contributed by atoms with E-state index >= 15 is 0 Å². The Bertz CT molecular complexity index is 827. The second-order valence-electron chi connectivity index (χ2n) is 5.56. The Morgan fingerprint density at radius 3 is 2.64 bits per heavy atom. The summed E-state index contributed by atoms with van der Waals surface area (Å²) in [6.45, 7) is 1.26. The van der Waals surface area contributed by atoms with Crippen LogP contribution in [0.1, 0.15) is 12.8 Å². The van der Waals surface area contributed by atoms with Gasteiger partial charge >= 0.3 is 5.97 Å². The third-order valence-corrected chi connectivity index (χ3v) is 4.12. The zero-order chi connectivity index (χ0) is 14.9. The molecule has 1 aliphatic heterocycles. The molecule has 4 rings (SSSR count). The van der Waals surface area contributed by atoms with Crippen LogP contribution in [0, 0.1) is 5.92 Å². The van der Waals surface area contributed by atoms with E-state index in [9.17, 15) is 4.79 Å².